The minimum absolute atomic E-state index is 0.278. The lowest BCUT2D eigenvalue weighted by Crippen LogP contribution is -2.33. The minimum atomic E-state index is 0.278. The van der Waals surface area contributed by atoms with Crippen LogP contribution in [0, 0.1) is 11.8 Å². The Morgan fingerprint density at radius 2 is 1.86 bits per heavy atom. The zero-order valence-corrected chi connectivity index (χ0v) is 9.72. The SMILES string of the molecule is C=CC(C)C(C=C)C(=S)N1CCCC1. The molecule has 0 aromatic rings. The van der Waals surface area contributed by atoms with E-state index in [1.807, 2.05) is 12.2 Å². The van der Waals surface area contributed by atoms with E-state index in [2.05, 4.69) is 25.0 Å². The van der Waals surface area contributed by atoms with Gasteiger partial charge in [0.2, 0.25) is 0 Å². The van der Waals surface area contributed by atoms with E-state index >= 15 is 0 Å². The standard InChI is InChI=1S/C12H19NS/c1-4-10(3)11(5-2)12(14)13-8-6-7-9-13/h4-5,10-11H,1-2,6-9H2,3H3. The molecular formula is C12H19NS. The van der Waals surface area contributed by atoms with E-state index in [9.17, 15) is 0 Å². The Kier molecular flexibility index (Phi) is 4.33. The maximum absolute atomic E-state index is 5.48. The second kappa shape index (κ2) is 5.30. The Morgan fingerprint density at radius 3 is 2.29 bits per heavy atom. The van der Waals surface area contributed by atoms with Gasteiger partial charge in [0, 0.05) is 19.0 Å². The van der Waals surface area contributed by atoms with Gasteiger partial charge in [-0.15, -0.1) is 13.2 Å². The summed E-state index contributed by atoms with van der Waals surface area (Å²) in [5, 5.41) is 0. The van der Waals surface area contributed by atoms with Gasteiger partial charge >= 0.3 is 0 Å². The highest BCUT2D eigenvalue weighted by Crippen LogP contribution is 2.21. The monoisotopic (exact) mass is 209 g/mol. The lowest BCUT2D eigenvalue weighted by Gasteiger charge is -2.26. The molecule has 0 radical (unpaired) electrons. The van der Waals surface area contributed by atoms with Crippen LogP contribution in [0.3, 0.4) is 0 Å². The third-order valence-electron chi connectivity index (χ3n) is 2.90. The lowest BCUT2D eigenvalue weighted by atomic mass is 9.93. The van der Waals surface area contributed by atoms with E-state index in [4.69, 9.17) is 12.2 Å². The van der Waals surface area contributed by atoms with Crippen molar-refractivity contribution < 1.29 is 0 Å². The van der Waals surface area contributed by atoms with E-state index in [-0.39, 0.29) is 5.92 Å². The largest absolute Gasteiger partial charge is 0.366 e. The quantitative estimate of drug-likeness (QED) is 0.517. The van der Waals surface area contributed by atoms with Crippen molar-refractivity contribution >= 4 is 17.2 Å². The molecule has 1 fully saturated rings. The van der Waals surface area contributed by atoms with E-state index in [0.29, 0.717) is 5.92 Å². The Balaban J connectivity index is 2.63. The molecule has 1 heterocycles. The second-order valence-corrected chi connectivity index (χ2v) is 4.31. The summed E-state index contributed by atoms with van der Waals surface area (Å²) in [6.07, 6.45) is 6.45. The van der Waals surface area contributed by atoms with Crippen molar-refractivity contribution in [2.45, 2.75) is 19.8 Å². The number of allylic oxidation sites excluding steroid dienone is 1. The topological polar surface area (TPSA) is 3.24 Å². The van der Waals surface area contributed by atoms with Crippen molar-refractivity contribution in [2.24, 2.45) is 11.8 Å². The smallest absolute Gasteiger partial charge is 0.0854 e. The number of likely N-dealkylation sites (tertiary alicyclic amines) is 1. The molecule has 0 spiro atoms. The average Bonchev–Trinajstić information content (AvgIpc) is 2.71. The summed E-state index contributed by atoms with van der Waals surface area (Å²) >= 11 is 5.48. The van der Waals surface area contributed by atoms with Crippen molar-refractivity contribution in [3.63, 3.8) is 0 Å². The van der Waals surface area contributed by atoms with Crippen molar-refractivity contribution in [3.05, 3.63) is 25.3 Å². The van der Waals surface area contributed by atoms with Crippen molar-refractivity contribution in [2.75, 3.05) is 13.1 Å². The number of thiocarbonyl (C=S) groups is 1. The highest BCUT2D eigenvalue weighted by Gasteiger charge is 2.23. The molecule has 1 aliphatic heterocycles. The molecule has 0 amide bonds. The lowest BCUT2D eigenvalue weighted by molar-refractivity contribution is 0.481. The molecule has 14 heavy (non-hydrogen) atoms. The third kappa shape index (κ3) is 2.44. The van der Waals surface area contributed by atoms with Crippen LogP contribution in [0.4, 0.5) is 0 Å². The van der Waals surface area contributed by atoms with Gasteiger partial charge in [-0.05, 0) is 18.8 Å². The number of hydrogen-bond donors (Lipinski definition) is 0. The minimum Gasteiger partial charge on any atom is -0.366 e. The summed E-state index contributed by atoms with van der Waals surface area (Å²) in [5.41, 5.74) is 0. The fourth-order valence-corrected chi connectivity index (χ4v) is 2.33. The van der Waals surface area contributed by atoms with Gasteiger partial charge in [0.05, 0.1) is 4.99 Å². The van der Waals surface area contributed by atoms with Crippen LogP contribution in [0.5, 0.6) is 0 Å². The van der Waals surface area contributed by atoms with E-state index in [1.54, 1.807) is 0 Å². The molecule has 0 N–H and O–H groups in total. The van der Waals surface area contributed by atoms with E-state index in [1.165, 1.54) is 12.8 Å². The van der Waals surface area contributed by atoms with Gasteiger partial charge in [0.15, 0.2) is 0 Å². The fourth-order valence-electron chi connectivity index (χ4n) is 1.84. The maximum Gasteiger partial charge on any atom is 0.0854 e. The van der Waals surface area contributed by atoms with Crippen molar-refractivity contribution in [1.29, 1.82) is 0 Å². The van der Waals surface area contributed by atoms with Gasteiger partial charge in [-0.2, -0.15) is 0 Å². The van der Waals surface area contributed by atoms with Crippen LogP contribution < -0.4 is 0 Å². The summed E-state index contributed by atoms with van der Waals surface area (Å²) in [4.78, 5) is 3.35. The molecular weight excluding hydrogens is 190 g/mol. The first kappa shape index (κ1) is 11.4. The van der Waals surface area contributed by atoms with Gasteiger partial charge in [-0.3, -0.25) is 0 Å². The normalized spacial score (nSPS) is 20.2. The molecule has 2 heteroatoms. The van der Waals surface area contributed by atoms with E-state index < -0.39 is 0 Å². The number of nitrogens with zero attached hydrogens (tertiary/aromatic N) is 1. The third-order valence-corrected chi connectivity index (χ3v) is 3.43. The Morgan fingerprint density at radius 1 is 1.29 bits per heavy atom. The Labute approximate surface area is 92.5 Å². The molecule has 78 valence electrons. The van der Waals surface area contributed by atoms with Crippen molar-refractivity contribution in [3.8, 4) is 0 Å². The van der Waals surface area contributed by atoms with Crippen LogP contribution in [0.1, 0.15) is 19.8 Å². The summed E-state index contributed by atoms with van der Waals surface area (Å²) in [5.74, 6) is 0.668. The molecule has 1 nitrogen and oxygen atoms in total. The summed E-state index contributed by atoms with van der Waals surface area (Å²) in [6.45, 7) is 12.0. The van der Waals surface area contributed by atoms with Gasteiger partial charge in [0.25, 0.3) is 0 Å². The zero-order chi connectivity index (χ0) is 10.6. The van der Waals surface area contributed by atoms with Crippen LogP contribution in [-0.4, -0.2) is 23.0 Å². The maximum atomic E-state index is 5.48. The first-order valence-corrected chi connectivity index (χ1v) is 5.65. The predicted octanol–water partition coefficient (Wildman–Crippen LogP) is 3.03. The van der Waals surface area contributed by atoms with Crippen LogP contribution in [0.2, 0.25) is 0 Å². The molecule has 0 saturated carbocycles. The molecule has 1 aliphatic rings. The van der Waals surface area contributed by atoms with Gasteiger partial charge in [-0.1, -0.05) is 31.3 Å². The molecule has 0 aliphatic carbocycles. The molecule has 0 aromatic heterocycles. The molecule has 2 unspecified atom stereocenters. The highest BCUT2D eigenvalue weighted by molar-refractivity contribution is 7.80. The zero-order valence-electron chi connectivity index (χ0n) is 8.91. The Bertz CT molecular complexity index is 228. The van der Waals surface area contributed by atoms with Crippen LogP contribution in [0.25, 0.3) is 0 Å². The van der Waals surface area contributed by atoms with E-state index in [0.717, 1.165) is 18.1 Å². The highest BCUT2D eigenvalue weighted by atomic mass is 32.1. The predicted molar refractivity (Wildman–Crippen MR) is 66.5 cm³/mol. The molecule has 1 rings (SSSR count). The van der Waals surface area contributed by atoms with Gasteiger partial charge < -0.3 is 4.90 Å². The summed E-state index contributed by atoms with van der Waals surface area (Å²) < 4.78 is 0. The number of rotatable bonds is 4. The average molecular weight is 209 g/mol. The Hall–Kier alpha value is -0.630. The first-order chi connectivity index (χ1) is 6.70. The molecule has 1 saturated heterocycles. The molecule has 2 atom stereocenters. The van der Waals surface area contributed by atoms with Gasteiger partial charge in [0.1, 0.15) is 0 Å². The second-order valence-electron chi connectivity index (χ2n) is 3.89. The van der Waals surface area contributed by atoms with Crippen LogP contribution >= 0.6 is 12.2 Å². The molecule has 0 bridgehead atoms. The van der Waals surface area contributed by atoms with Crippen LogP contribution in [-0.2, 0) is 0 Å². The first-order valence-electron chi connectivity index (χ1n) is 5.24. The summed E-state index contributed by atoms with van der Waals surface area (Å²) in [7, 11) is 0. The van der Waals surface area contributed by atoms with Crippen LogP contribution in [0.15, 0.2) is 25.3 Å². The van der Waals surface area contributed by atoms with Gasteiger partial charge in [-0.25, -0.2) is 0 Å². The number of hydrogen-bond acceptors (Lipinski definition) is 1. The fraction of sp³-hybridized carbons (Fsp3) is 0.583. The van der Waals surface area contributed by atoms with Crippen molar-refractivity contribution in [1.82, 2.24) is 4.90 Å². The summed E-state index contributed by atoms with van der Waals surface area (Å²) in [6, 6.07) is 0. The molecule has 0 aromatic carbocycles.